The van der Waals surface area contributed by atoms with Crippen molar-refractivity contribution in [3.63, 3.8) is 0 Å². The predicted molar refractivity (Wildman–Crippen MR) is 80.5 cm³/mol. The molecule has 2 unspecified atom stereocenters. The average molecular weight is 272 g/mol. The highest BCUT2D eigenvalue weighted by Gasteiger charge is 2.31. The molecule has 0 fully saturated rings. The Morgan fingerprint density at radius 2 is 2.05 bits per heavy atom. The third kappa shape index (κ3) is 7.53. The summed E-state index contributed by atoms with van der Waals surface area (Å²) in [7, 11) is 2.11. The highest BCUT2D eigenvalue weighted by atomic mass is 16.4. The summed E-state index contributed by atoms with van der Waals surface area (Å²) in [5, 5.41) is 12.5. The van der Waals surface area contributed by atoms with Crippen LogP contribution in [-0.4, -0.2) is 48.2 Å². The Hall–Kier alpha value is -0.610. The molecule has 0 rings (SSSR count). The molecule has 0 amide bonds. The third-order valence-electron chi connectivity index (χ3n) is 3.77. The molecule has 0 aliphatic heterocycles. The molecule has 0 aliphatic carbocycles. The Bertz CT molecular complexity index is 259. The molecular weight excluding hydrogens is 240 g/mol. The van der Waals surface area contributed by atoms with E-state index < -0.39 is 11.5 Å². The summed E-state index contributed by atoms with van der Waals surface area (Å²) >= 11 is 0. The molecule has 0 aromatic rings. The minimum atomic E-state index is -0.785. The van der Waals surface area contributed by atoms with Crippen molar-refractivity contribution < 1.29 is 9.90 Å². The molecule has 0 heterocycles. The molecule has 2 atom stereocenters. The number of nitrogens with one attached hydrogen (secondary N) is 1. The van der Waals surface area contributed by atoms with Crippen molar-refractivity contribution in [3.8, 4) is 0 Å². The first-order chi connectivity index (χ1) is 8.85. The molecule has 0 radical (unpaired) electrons. The van der Waals surface area contributed by atoms with Crippen LogP contribution in [0, 0.1) is 5.92 Å². The Kier molecular flexibility index (Phi) is 9.02. The van der Waals surface area contributed by atoms with Crippen LogP contribution in [0.15, 0.2) is 0 Å². The quantitative estimate of drug-likeness (QED) is 0.607. The number of carboxylic acids is 1. The molecule has 114 valence electrons. The lowest BCUT2D eigenvalue weighted by Crippen LogP contribution is -2.50. The van der Waals surface area contributed by atoms with Gasteiger partial charge in [-0.15, -0.1) is 0 Å². The largest absolute Gasteiger partial charge is 0.480 e. The van der Waals surface area contributed by atoms with Crippen molar-refractivity contribution in [1.29, 1.82) is 0 Å². The zero-order valence-corrected chi connectivity index (χ0v) is 13.3. The first-order valence-corrected chi connectivity index (χ1v) is 7.52. The average Bonchev–Trinajstić information content (AvgIpc) is 2.35. The van der Waals surface area contributed by atoms with E-state index in [9.17, 15) is 9.90 Å². The molecule has 0 saturated heterocycles. The lowest BCUT2D eigenvalue weighted by Gasteiger charge is -2.28. The van der Waals surface area contributed by atoms with Crippen LogP contribution in [0.2, 0.25) is 0 Å². The first kappa shape index (κ1) is 18.4. The summed E-state index contributed by atoms with van der Waals surface area (Å²) in [5.74, 6) is -0.0420. The standard InChI is InChI=1S/C15H32N2O2/c1-6-10-16-15(4,14(18)19)9-8-11-17(5)12-13(3)7-2/h13,16H,6-12H2,1-5H3,(H,18,19). The SMILES string of the molecule is CCCNC(C)(CCCN(C)CC(C)CC)C(=O)O. The minimum Gasteiger partial charge on any atom is -0.480 e. The van der Waals surface area contributed by atoms with E-state index in [4.69, 9.17) is 0 Å². The van der Waals surface area contributed by atoms with Gasteiger partial charge in [0.1, 0.15) is 5.54 Å². The first-order valence-electron chi connectivity index (χ1n) is 7.52. The van der Waals surface area contributed by atoms with Gasteiger partial charge in [0.05, 0.1) is 0 Å². The van der Waals surface area contributed by atoms with Crippen molar-refractivity contribution >= 4 is 5.97 Å². The summed E-state index contributed by atoms with van der Waals surface area (Å²) in [4.78, 5) is 13.7. The monoisotopic (exact) mass is 272 g/mol. The smallest absolute Gasteiger partial charge is 0.323 e. The van der Waals surface area contributed by atoms with Crippen molar-refractivity contribution in [1.82, 2.24) is 10.2 Å². The van der Waals surface area contributed by atoms with E-state index in [0.29, 0.717) is 12.3 Å². The normalized spacial score (nSPS) is 16.3. The minimum absolute atomic E-state index is 0.674. The molecule has 0 aromatic heterocycles. The van der Waals surface area contributed by atoms with Crippen LogP contribution in [0.4, 0.5) is 0 Å². The van der Waals surface area contributed by atoms with Gasteiger partial charge in [0.15, 0.2) is 0 Å². The van der Waals surface area contributed by atoms with E-state index in [0.717, 1.165) is 32.5 Å². The van der Waals surface area contributed by atoms with Gasteiger partial charge in [-0.05, 0) is 52.2 Å². The number of aliphatic carboxylic acids is 1. The van der Waals surface area contributed by atoms with E-state index >= 15 is 0 Å². The molecule has 19 heavy (non-hydrogen) atoms. The van der Waals surface area contributed by atoms with Gasteiger partial charge in [-0.1, -0.05) is 27.2 Å². The van der Waals surface area contributed by atoms with Crippen LogP contribution >= 0.6 is 0 Å². The van der Waals surface area contributed by atoms with Crippen LogP contribution in [0.5, 0.6) is 0 Å². The van der Waals surface area contributed by atoms with Crippen molar-refractivity contribution in [3.05, 3.63) is 0 Å². The Labute approximate surface area is 118 Å². The van der Waals surface area contributed by atoms with Crippen molar-refractivity contribution in [2.45, 2.75) is 58.9 Å². The van der Waals surface area contributed by atoms with E-state index in [1.807, 2.05) is 0 Å². The van der Waals surface area contributed by atoms with Crippen molar-refractivity contribution in [2.75, 3.05) is 26.7 Å². The lowest BCUT2D eigenvalue weighted by molar-refractivity contribution is -0.144. The van der Waals surface area contributed by atoms with Crippen LogP contribution in [0.25, 0.3) is 0 Å². The zero-order chi connectivity index (χ0) is 14.9. The van der Waals surface area contributed by atoms with Gasteiger partial charge in [0, 0.05) is 6.54 Å². The Balaban J connectivity index is 4.09. The number of rotatable bonds is 11. The maximum Gasteiger partial charge on any atom is 0.323 e. The van der Waals surface area contributed by atoms with Gasteiger partial charge in [-0.3, -0.25) is 4.79 Å². The fourth-order valence-electron chi connectivity index (χ4n) is 2.13. The number of carboxylic acid groups (broad SMARTS) is 1. The van der Waals surface area contributed by atoms with Gasteiger partial charge in [-0.2, -0.15) is 0 Å². The third-order valence-corrected chi connectivity index (χ3v) is 3.77. The second kappa shape index (κ2) is 9.32. The van der Waals surface area contributed by atoms with Gasteiger partial charge in [-0.25, -0.2) is 0 Å². The van der Waals surface area contributed by atoms with E-state index in [2.05, 4.69) is 38.0 Å². The summed E-state index contributed by atoms with van der Waals surface area (Å²) in [5.41, 5.74) is -0.785. The predicted octanol–water partition coefficient (Wildman–Crippen LogP) is 2.59. The molecule has 0 aliphatic rings. The number of carbonyl (C=O) groups is 1. The molecule has 0 aromatic carbocycles. The number of hydrogen-bond donors (Lipinski definition) is 2. The van der Waals surface area contributed by atoms with Gasteiger partial charge in [0.2, 0.25) is 0 Å². The summed E-state index contributed by atoms with van der Waals surface area (Å²) in [6.45, 7) is 11.1. The van der Waals surface area contributed by atoms with Gasteiger partial charge in [0.25, 0.3) is 0 Å². The fraction of sp³-hybridized carbons (Fsp3) is 0.933. The number of hydrogen-bond acceptors (Lipinski definition) is 3. The van der Waals surface area contributed by atoms with Crippen molar-refractivity contribution in [2.24, 2.45) is 5.92 Å². The maximum atomic E-state index is 11.4. The van der Waals surface area contributed by atoms with Gasteiger partial charge >= 0.3 is 5.97 Å². The molecule has 4 nitrogen and oxygen atoms in total. The lowest BCUT2D eigenvalue weighted by atomic mass is 9.95. The Morgan fingerprint density at radius 1 is 1.42 bits per heavy atom. The van der Waals surface area contributed by atoms with Crippen LogP contribution < -0.4 is 5.32 Å². The molecule has 0 saturated carbocycles. The molecule has 0 bridgehead atoms. The molecule has 2 N–H and O–H groups in total. The van der Waals surface area contributed by atoms with Crippen LogP contribution in [0.3, 0.4) is 0 Å². The van der Waals surface area contributed by atoms with E-state index in [-0.39, 0.29) is 0 Å². The van der Waals surface area contributed by atoms with Crippen LogP contribution in [-0.2, 0) is 4.79 Å². The Morgan fingerprint density at radius 3 is 2.53 bits per heavy atom. The fourth-order valence-corrected chi connectivity index (χ4v) is 2.13. The van der Waals surface area contributed by atoms with E-state index in [1.54, 1.807) is 6.92 Å². The highest BCUT2D eigenvalue weighted by Crippen LogP contribution is 2.14. The second-order valence-corrected chi connectivity index (χ2v) is 5.94. The molecule has 4 heteroatoms. The summed E-state index contributed by atoms with van der Waals surface area (Å²) in [6.07, 6.45) is 3.73. The highest BCUT2D eigenvalue weighted by molar-refractivity contribution is 5.78. The molecular formula is C15H32N2O2. The molecule has 0 spiro atoms. The van der Waals surface area contributed by atoms with E-state index in [1.165, 1.54) is 6.42 Å². The van der Waals surface area contributed by atoms with Gasteiger partial charge < -0.3 is 15.3 Å². The second-order valence-electron chi connectivity index (χ2n) is 5.94. The number of nitrogens with zero attached hydrogens (tertiary/aromatic N) is 1. The summed E-state index contributed by atoms with van der Waals surface area (Å²) < 4.78 is 0. The maximum absolute atomic E-state index is 11.4. The summed E-state index contributed by atoms with van der Waals surface area (Å²) in [6, 6.07) is 0. The zero-order valence-electron chi connectivity index (χ0n) is 13.3. The van der Waals surface area contributed by atoms with Crippen LogP contribution in [0.1, 0.15) is 53.4 Å². The topological polar surface area (TPSA) is 52.6 Å².